The number of nitrogens with zero attached hydrogens (tertiary/aromatic N) is 1. The molecule has 33 heavy (non-hydrogen) atoms. The predicted octanol–water partition coefficient (Wildman–Crippen LogP) is 6.93. The molecule has 0 aliphatic rings. The summed E-state index contributed by atoms with van der Waals surface area (Å²) in [5.41, 5.74) is 3.29. The lowest BCUT2D eigenvalue weighted by molar-refractivity contribution is -0.112. The van der Waals surface area contributed by atoms with Crippen molar-refractivity contribution in [2.45, 2.75) is 20.5 Å². The standard InChI is InChI=1S/C26H22BrClN2O3/c1-3-32-22-10-8-21(9-11-22)30-26(31)20(15-29)12-19-13-23(27)25(24(28)14-19)33-16-18-6-4-17(2)5-7-18/h4-14H,3,16H2,1-2H3,(H,30,31)/b20-12-. The molecule has 0 radical (unpaired) electrons. The van der Waals surface area contributed by atoms with Crippen molar-refractivity contribution in [1.82, 2.24) is 0 Å². The van der Waals surface area contributed by atoms with E-state index in [4.69, 9.17) is 21.1 Å². The second-order valence-electron chi connectivity index (χ2n) is 7.17. The Morgan fingerprint density at radius 3 is 2.42 bits per heavy atom. The average molecular weight is 526 g/mol. The molecule has 1 amide bonds. The molecular weight excluding hydrogens is 504 g/mol. The van der Waals surface area contributed by atoms with Gasteiger partial charge in [-0.3, -0.25) is 4.79 Å². The number of benzene rings is 3. The van der Waals surface area contributed by atoms with Crippen LogP contribution in [0.3, 0.4) is 0 Å². The Morgan fingerprint density at radius 2 is 1.82 bits per heavy atom. The van der Waals surface area contributed by atoms with E-state index in [2.05, 4.69) is 21.2 Å². The van der Waals surface area contributed by atoms with Crippen molar-refractivity contribution in [3.8, 4) is 17.6 Å². The van der Waals surface area contributed by atoms with Crippen molar-refractivity contribution < 1.29 is 14.3 Å². The van der Waals surface area contributed by atoms with Gasteiger partial charge in [-0.15, -0.1) is 0 Å². The lowest BCUT2D eigenvalue weighted by Gasteiger charge is -2.12. The molecular formula is C26H22BrClN2O3. The molecule has 0 aliphatic carbocycles. The number of nitriles is 1. The summed E-state index contributed by atoms with van der Waals surface area (Å²) in [6, 6.07) is 20.3. The summed E-state index contributed by atoms with van der Waals surface area (Å²) in [6.07, 6.45) is 1.48. The molecule has 5 nitrogen and oxygen atoms in total. The summed E-state index contributed by atoms with van der Waals surface area (Å²) in [5, 5.41) is 12.6. The van der Waals surface area contributed by atoms with Gasteiger partial charge in [0.25, 0.3) is 5.91 Å². The second-order valence-corrected chi connectivity index (χ2v) is 8.43. The van der Waals surface area contributed by atoms with E-state index in [9.17, 15) is 10.1 Å². The quantitative estimate of drug-likeness (QED) is 0.256. The van der Waals surface area contributed by atoms with E-state index in [1.807, 2.05) is 44.2 Å². The zero-order chi connectivity index (χ0) is 23.8. The minimum atomic E-state index is -0.520. The zero-order valence-corrected chi connectivity index (χ0v) is 20.5. The highest BCUT2D eigenvalue weighted by atomic mass is 79.9. The van der Waals surface area contributed by atoms with Crippen molar-refractivity contribution in [2.75, 3.05) is 11.9 Å². The number of hydrogen-bond acceptors (Lipinski definition) is 4. The summed E-state index contributed by atoms with van der Waals surface area (Å²) in [6.45, 7) is 4.84. The first kappa shape index (κ1) is 24.4. The molecule has 0 aromatic heterocycles. The summed E-state index contributed by atoms with van der Waals surface area (Å²) in [7, 11) is 0. The Bertz CT molecular complexity index is 1180. The molecule has 3 aromatic carbocycles. The third-order valence-corrected chi connectivity index (χ3v) is 5.49. The third-order valence-electron chi connectivity index (χ3n) is 4.62. The largest absolute Gasteiger partial charge is 0.494 e. The molecule has 3 aromatic rings. The minimum absolute atomic E-state index is 0.0554. The number of rotatable bonds is 8. The highest BCUT2D eigenvalue weighted by Gasteiger charge is 2.13. The van der Waals surface area contributed by atoms with Crippen LogP contribution < -0.4 is 14.8 Å². The van der Waals surface area contributed by atoms with Crippen LogP contribution in [0.5, 0.6) is 11.5 Å². The normalized spacial score (nSPS) is 10.9. The maximum absolute atomic E-state index is 12.6. The molecule has 0 bridgehead atoms. The van der Waals surface area contributed by atoms with Crippen molar-refractivity contribution in [3.63, 3.8) is 0 Å². The Hall–Kier alpha value is -3.27. The summed E-state index contributed by atoms with van der Waals surface area (Å²) in [4.78, 5) is 12.6. The summed E-state index contributed by atoms with van der Waals surface area (Å²) >= 11 is 9.89. The predicted molar refractivity (Wildman–Crippen MR) is 134 cm³/mol. The molecule has 0 saturated carbocycles. The Balaban J connectivity index is 1.72. The van der Waals surface area contributed by atoms with Gasteiger partial charge < -0.3 is 14.8 Å². The first-order valence-electron chi connectivity index (χ1n) is 10.2. The molecule has 168 valence electrons. The topological polar surface area (TPSA) is 71.3 Å². The van der Waals surface area contributed by atoms with Crippen molar-refractivity contribution in [2.24, 2.45) is 0 Å². The van der Waals surface area contributed by atoms with E-state index >= 15 is 0 Å². The van der Waals surface area contributed by atoms with Gasteiger partial charge in [-0.05, 0) is 83.4 Å². The number of amides is 1. The van der Waals surface area contributed by atoms with Crippen LogP contribution in [0.2, 0.25) is 5.02 Å². The molecule has 0 saturated heterocycles. The maximum atomic E-state index is 12.6. The van der Waals surface area contributed by atoms with Crippen molar-refractivity contribution in [1.29, 1.82) is 5.26 Å². The number of hydrogen-bond donors (Lipinski definition) is 1. The molecule has 0 aliphatic heterocycles. The van der Waals surface area contributed by atoms with Crippen LogP contribution >= 0.6 is 27.5 Å². The summed E-state index contributed by atoms with van der Waals surface area (Å²) < 4.78 is 11.9. The maximum Gasteiger partial charge on any atom is 0.266 e. The molecule has 1 N–H and O–H groups in total. The number of carbonyl (C=O) groups excluding carboxylic acids is 1. The molecule has 3 rings (SSSR count). The van der Waals surface area contributed by atoms with Crippen molar-refractivity contribution in [3.05, 3.63) is 92.4 Å². The molecule has 0 atom stereocenters. The van der Waals surface area contributed by atoms with Crippen LogP contribution in [-0.2, 0) is 11.4 Å². The molecule has 0 spiro atoms. The molecule has 0 fully saturated rings. The van der Waals surface area contributed by atoms with Gasteiger partial charge in [0.2, 0.25) is 0 Å². The number of halogens is 2. The van der Waals surface area contributed by atoms with E-state index in [-0.39, 0.29) is 5.57 Å². The van der Waals surface area contributed by atoms with Gasteiger partial charge in [-0.2, -0.15) is 5.26 Å². The van der Waals surface area contributed by atoms with E-state index in [1.165, 1.54) is 11.6 Å². The van der Waals surface area contributed by atoms with Crippen LogP contribution in [0.25, 0.3) is 6.08 Å². The number of anilines is 1. The highest BCUT2D eigenvalue weighted by Crippen LogP contribution is 2.35. The average Bonchev–Trinajstić information content (AvgIpc) is 2.79. The Labute approximate surface area is 206 Å². The van der Waals surface area contributed by atoms with Gasteiger partial charge in [0, 0.05) is 5.69 Å². The zero-order valence-electron chi connectivity index (χ0n) is 18.2. The van der Waals surface area contributed by atoms with Gasteiger partial charge >= 0.3 is 0 Å². The van der Waals surface area contributed by atoms with E-state index in [0.29, 0.717) is 45.5 Å². The van der Waals surface area contributed by atoms with E-state index < -0.39 is 5.91 Å². The lowest BCUT2D eigenvalue weighted by atomic mass is 10.1. The summed E-state index contributed by atoms with van der Waals surface area (Å²) in [5.74, 6) is 0.677. The molecule has 0 heterocycles. The number of ether oxygens (including phenoxy) is 2. The van der Waals surface area contributed by atoms with Gasteiger partial charge in [-0.25, -0.2) is 0 Å². The smallest absolute Gasteiger partial charge is 0.266 e. The Morgan fingerprint density at radius 1 is 1.12 bits per heavy atom. The highest BCUT2D eigenvalue weighted by molar-refractivity contribution is 9.10. The number of nitrogens with one attached hydrogen (secondary N) is 1. The fourth-order valence-electron chi connectivity index (χ4n) is 2.96. The number of carbonyl (C=O) groups is 1. The first-order chi connectivity index (χ1) is 15.9. The van der Waals surface area contributed by atoms with Gasteiger partial charge in [0.15, 0.2) is 5.75 Å². The fraction of sp³-hybridized carbons (Fsp3) is 0.154. The number of aryl methyl sites for hydroxylation is 1. The van der Waals surface area contributed by atoms with Crippen LogP contribution in [0.1, 0.15) is 23.6 Å². The lowest BCUT2D eigenvalue weighted by Crippen LogP contribution is -2.13. The van der Waals surface area contributed by atoms with E-state index in [0.717, 1.165) is 5.56 Å². The van der Waals surface area contributed by atoms with Crippen molar-refractivity contribution >= 4 is 45.2 Å². The van der Waals surface area contributed by atoms with E-state index in [1.54, 1.807) is 36.4 Å². The molecule has 0 unspecified atom stereocenters. The van der Waals surface area contributed by atoms with Crippen LogP contribution in [0.15, 0.2) is 70.7 Å². The monoisotopic (exact) mass is 524 g/mol. The second kappa shape index (κ2) is 11.6. The van der Waals surface area contributed by atoms with Crippen LogP contribution in [-0.4, -0.2) is 12.5 Å². The minimum Gasteiger partial charge on any atom is -0.494 e. The third kappa shape index (κ3) is 6.85. The first-order valence-corrected chi connectivity index (χ1v) is 11.4. The van der Waals surface area contributed by atoms with Gasteiger partial charge in [-0.1, -0.05) is 41.4 Å². The van der Waals surface area contributed by atoms with Gasteiger partial charge in [0.1, 0.15) is 24.0 Å². The Kier molecular flexibility index (Phi) is 8.53. The van der Waals surface area contributed by atoms with Gasteiger partial charge in [0.05, 0.1) is 16.1 Å². The SMILES string of the molecule is CCOc1ccc(NC(=O)/C(C#N)=C\c2cc(Cl)c(OCc3ccc(C)cc3)c(Br)c2)cc1. The van der Waals surface area contributed by atoms with Crippen LogP contribution in [0.4, 0.5) is 5.69 Å². The molecule has 7 heteroatoms. The fourth-order valence-corrected chi connectivity index (χ4v) is 3.94. The van der Waals surface area contributed by atoms with Crippen LogP contribution in [0, 0.1) is 18.3 Å².